The van der Waals surface area contributed by atoms with E-state index < -0.39 is 22.5 Å². The summed E-state index contributed by atoms with van der Waals surface area (Å²) in [5.74, 6) is -0.997. The third-order valence-electron chi connectivity index (χ3n) is 2.93. The molecule has 116 valence electrons. The van der Waals surface area contributed by atoms with Crippen LogP contribution in [0.4, 0.5) is 23.2 Å². The second-order valence-electron chi connectivity index (χ2n) is 4.37. The summed E-state index contributed by atoms with van der Waals surface area (Å²) in [4.78, 5) is 10.1. The van der Waals surface area contributed by atoms with Gasteiger partial charge >= 0.3 is 6.18 Å². The molecule has 4 nitrogen and oxygen atoms in total. The molecule has 0 radical (unpaired) electrons. The molecule has 0 heterocycles. The molecule has 2 aromatic carbocycles. The fourth-order valence-corrected chi connectivity index (χ4v) is 1.94. The van der Waals surface area contributed by atoms with Crippen LogP contribution >= 0.6 is 0 Å². The van der Waals surface area contributed by atoms with Crippen LogP contribution in [0.1, 0.15) is 5.56 Å². The van der Waals surface area contributed by atoms with Crippen LogP contribution in [0.25, 0.3) is 11.1 Å². The average Bonchev–Trinajstić information content (AvgIpc) is 2.44. The third kappa shape index (κ3) is 3.16. The Morgan fingerprint density at radius 2 is 1.82 bits per heavy atom. The van der Waals surface area contributed by atoms with Gasteiger partial charge in [-0.05, 0) is 29.8 Å². The summed E-state index contributed by atoms with van der Waals surface area (Å²) in [6.07, 6.45) is -4.73. The number of methoxy groups -OCH3 is 1. The molecule has 0 bridgehead atoms. The molecule has 0 aromatic heterocycles. The zero-order chi connectivity index (χ0) is 16.5. The van der Waals surface area contributed by atoms with Crippen LogP contribution < -0.4 is 4.74 Å². The van der Waals surface area contributed by atoms with Crippen LogP contribution in [0.2, 0.25) is 0 Å². The molecular formula is C14H9F4NO3. The van der Waals surface area contributed by atoms with Crippen molar-refractivity contribution < 1.29 is 27.2 Å². The van der Waals surface area contributed by atoms with E-state index in [9.17, 15) is 27.7 Å². The molecule has 22 heavy (non-hydrogen) atoms. The zero-order valence-corrected chi connectivity index (χ0v) is 11.1. The van der Waals surface area contributed by atoms with Gasteiger partial charge < -0.3 is 4.74 Å². The van der Waals surface area contributed by atoms with Crippen LogP contribution in [-0.4, -0.2) is 12.0 Å². The highest BCUT2D eigenvalue weighted by Crippen LogP contribution is 2.37. The van der Waals surface area contributed by atoms with Crippen molar-refractivity contribution in [1.82, 2.24) is 0 Å². The Morgan fingerprint density at radius 1 is 1.14 bits per heavy atom. The molecule has 0 fully saturated rings. The fraction of sp³-hybridized carbons (Fsp3) is 0.143. The van der Waals surface area contributed by atoms with Gasteiger partial charge in [-0.2, -0.15) is 13.2 Å². The summed E-state index contributed by atoms with van der Waals surface area (Å²) >= 11 is 0. The lowest BCUT2D eigenvalue weighted by Gasteiger charge is -2.12. The number of hydrogen-bond donors (Lipinski definition) is 0. The maximum absolute atomic E-state index is 13.5. The molecule has 0 saturated heterocycles. The molecule has 0 N–H and O–H groups in total. The molecule has 8 heteroatoms. The molecule has 0 aliphatic heterocycles. The lowest BCUT2D eigenvalue weighted by molar-refractivity contribution is -0.384. The van der Waals surface area contributed by atoms with Crippen molar-refractivity contribution in [2.75, 3.05) is 7.11 Å². The third-order valence-corrected chi connectivity index (χ3v) is 2.93. The van der Waals surface area contributed by atoms with Gasteiger partial charge in [-0.25, -0.2) is 4.39 Å². The number of nitro groups is 1. The van der Waals surface area contributed by atoms with Gasteiger partial charge in [0.1, 0.15) is 11.6 Å². The molecule has 2 rings (SSSR count). The van der Waals surface area contributed by atoms with E-state index >= 15 is 0 Å². The maximum Gasteiger partial charge on any atom is 0.416 e. The lowest BCUT2D eigenvalue weighted by atomic mass is 10.0. The maximum atomic E-state index is 13.5. The van der Waals surface area contributed by atoms with Crippen molar-refractivity contribution in [2.45, 2.75) is 6.18 Å². The predicted octanol–water partition coefficient (Wildman–Crippen LogP) is 4.43. The molecule has 2 aromatic rings. The summed E-state index contributed by atoms with van der Waals surface area (Å²) in [7, 11) is 1.26. The number of halogens is 4. The highest BCUT2D eigenvalue weighted by atomic mass is 19.4. The van der Waals surface area contributed by atoms with Crippen molar-refractivity contribution in [3.05, 3.63) is 57.9 Å². The van der Waals surface area contributed by atoms with Crippen LogP contribution in [0.3, 0.4) is 0 Å². The van der Waals surface area contributed by atoms with E-state index in [4.69, 9.17) is 4.74 Å². The van der Waals surface area contributed by atoms with Gasteiger partial charge in [0.25, 0.3) is 5.69 Å². The molecule has 0 amide bonds. The Bertz CT molecular complexity index is 729. The number of nitrogens with zero attached hydrogens (tertiary/aromatic N) is 1. The molecule has 0 unspecified atom stereocenters. The van der Waals surface area contributed by atoms with Crippen LogP contribution in [0, 0.1) is 15.9 Å². The highest BCUT2D eigenvalue weighted by Gasteiger charge is 2.31. The second kappa shape index (κ2) is 5.63. The second-order valence-corrected chi connectivity index (χ2v) is 4.37. The largest absolute Gasteiger partial charge is 0.496 e. The predicted molar refractivity (Wildman–Crippen MR) is 70.0 cm³/mol. The minimum absolute atomic E-state index is 0.00157. The number of benzene rings is 2. The van der Waals surface area contributed by atoms with E-state index in [-0.39, 0.29) is 22.6 Å². The SMILES string of the molecule is COc1ccc([N+](=O)[O-])cc1-c1cc(F)cc(C(F)(F)F)c1. The van der Waals surface area contributed by atoms with E-state index in [0.717, 1.165) is 18.2 Å². The summed E-state index contributed by atoms with van der Waals surface area (Å²) in [6, 6.07) is 5.35. The Balaban J connectivity index is 2.67. The van der Waals surface area contributed by atoms with Gasteiger partial charge in [0.2, 0.25) is 0 Å². The van der Waals surface area contributed by atoms with Gasteiger partial charge in [0.05, 0.1) is 17.6 Å². The Kier molecular flexibility index (Phi) is 4.03. The standard InChI is InChI=1S/C14H9F4NO3/c1-22-13-3-2-11(19(20)21)7-12(13)8-4-9(14(16,17)18)6-10(15)5-8/h2-7H,1H3. The van der Waals surface area contributed by atoms with Gasteiger partial charge in [0, 0.05) is 17.7 Å². The minimum atomic E-state index is -4.73. The van der Waals surface area contributed by atoms with Gasteiger partial charge in [-0.1, -0.05) is 0 Å². The number of nitro benzene ring substituents is 1. The quantitative estimate of drug-likeness (QED) is 0.478. The van der Waals surface area contributed by atoms with Gasteiger partial charge in [-0.3, -0.25) is 10.1 Å². The van der Waals surface area contributed by atoms with Crippen molar-refractivity contribution in [1.29, 1.82) is 0 Å². The van der Waals surface area contributed by atoms with Gasteiger partial charge in [0.15, 0.2) is 0 Å². The van der Waals surface area contributed by atoms with Crippen molar-refractivity contribution in [3.8, 4) is 16.9 Å². The Hall–Kier alpha value is -2.64. The van der Waals surface area contributed by atoms with Crippen LogP contribution in [0.5, 0.6) is 5.75 Å². The fourth-order valence-electron chi connectivity index (χ4n) is 1.94. The van der Waals surface area contributed by atoms with E-state index in [1.807, 2.05) is 0 Å². The van der Waals surface area contributed by atoms with E-state index in [1.165, 1.54) is 13.2 Å². The summed E-state index contributed by atoms with van der Waals surface area (Å²) in [5.41, 5.74) is -1.68. The minimum Gasteiger partial charge on any atom is -0.496 e. The summed E-state index contributed by atoms with van der Waals surface area (Å²) < 4.78 is 56.7. The van der Waals surface area contributed by atoms with Crippen LogP contribution in [0.15, 0.2) is 36.4 Å². The number of non-ortho nitro benzene ring substituents is 1. The highest BCUT2D eigenvalue weighted by molar-refractivity contribution is 5.73. The van der Waals surface area contributed by atoms with E-state index in [1.54, 1.807) is 0 Å². The molecular weight excluding hydrogens is 306 g/mol. The van der Waals surface area contributed by atoms with E-state index in [0.29, 0.717) is 12.1 Å². The van der Waals surface area contributed by atoms with Crippen LogP contribution in [-0.2, 0) is 6.18 Å². The number of rotatable bonds is 3. The molecule has 0 spiro atoms. The normalized spacial score (nSPS) is 11.3. The smallest absolute Gasteiger partial charge is 0.416 e. The lowest BCUT2D eigenvalue weighted by Crippen LogP contribution is -2.05. The first-order valence-electron chi connectivity index (χ1n) is 5.93. The van der Waals surface area contributed by atoms with E-state index in [2.05, 4.69) is 0 Å². The first-order valence-corrected chi connectivity index (χ1v) is 5.93. The summed E-state index contributed by atoms with van der Waals surface area (Å²) in [6.45, 7) is 0. The Labute approximate surface area is 122 Å². The van der Waals surface area contributed by atoms with Crippen molar-refractivity contribution in [2.24, 2.45) is 0 Å². The Morgan fingerprint density at radius 3 is 2.36 bits per heavy atom. The first-order chi connectivity index (χ1) is 10.2. The first kappa shape index (κ1) is 15.7. The number of alkyl halides is 3. The zero-order valence-electron chi connectivity index (χ0n) is 11.1. The van der Waals surface area contributed by atoms with Crippen molar-refractivity contribution in [3.63, 3.8) is 0 Å². The number of hydrogen-bond acceptors (Lipinski definition) is 3. The average molecular weight is 315 g/mol. The summed E-state index contributed by atoms with van der Waals surface area (Å²) in [5, 5.41) is 10.8. The molecule has 0 atom stereocenters. The monoisotopic (exact) mass is 315 g/mol. The molecule has 0 aliphatic rings. The number of ether oxygens (including phenoxy) is 1. The van der Waals surface area contributed by atoms with Gasteiger partial charge in [-0.15, -0.1) is 0 Å². The van der Waals surface area contributed by atoms with Crippen molar-refractivity contribution >= 4 is 5.69 Å². The topological polar surface area (TPSA) is 52.4 Å². The molecule has 0 saturated carbocycles. The molecule has 0 aliphatic carbocycles.